The highest BCUT2D eigenvalue weighted by Crippen LogP contribution is 2.41. The van der Waals surface area contributed by atoms with E-state index in [9.17, 15) is 24.0 Å². The van der Waals surface area contributed by atoms with Gasteiger partial charge in [0.25, 0.3) is 0 Å². The first kappa shape index (κ1) is 82.5. The Hall–Kier alpha value is -12.8. The summed E-state index contributed by atoms with van der Waals surface area (Å²) in [5.74, 6) is 6.96. The summed E-state index contributed by atoms with van der Waals surface area (Å²) < 4.78 is 15.5. The van der Waals surface area contributed by atoms with E-state index in [1.165, 1.54) is 85.3 Å². The second-order valence-electron chi connectivity index (χ2n) is 34.2. The number of benzene rings is 5. The van der Waals surface area contributed by atoms with Crippen molar-refractivity contribution in [3.63, 3.8) is 0 Å². The number of hydrogen-bond acceptors (Lipinski definition) is 17. The van der Waals surface area contributed by atoms with Crippen LogP contribution >= 0.6 is 0 Å². The number of allylic oxidation sites excluding steroid dienone is 1. The van der Waals surface area contributed by atoms with Gasteiger partial charge in [0.1, 0.15) is 0 Å². The number of rotatable bonds is 25. The lowest BCUT2D eigenvalue weighted by atomic mass is 10.0. The fourth-order valence-corrected chi connectivity index (χ4v) is 16.7. The summed E-state index contributed by atoms with van der Waals surface area (Å²) in [4.78, 5) is 75.9. The van der Waals surface area contributed by atoms with E-state index in [4.69, 9.17) is 25.1 Å². The molecule has 0 radical (unpaired) electrons. The van der Waals surface area contributed by atoms with Crippen LogP contribution in [0, 0.1) is 23.7 Å². The molecule has 27 nitrogen and oxygen atoms in total. The first-order valence-corrected chi connectivity index (χ1v) is 43.7. The predicted molar refractivity (Wildman–Crippen MR) is 478 cm³/mol. The monoisotopic (exact) mass is 1650 g/mol. The van der Waals surface area contributed by atoms with E-state index >= 15 is 0 Å². The first-order valence-electron chi connectivity index (χ1n) is 43.7. The fraction of sp³-hybridized carbons (Fsp3) is 0.396. The van der Waals surface area contributed by atoms with Crippen molar-refractivity contribution in [2.75, 3.05) is 67.7 Å². The van der Waals surface area contributed by atoms with Crippen molar-refractivity contribution in [3.8, 4) is 33.6 Å². The summed E-state index contributed by atoms with van der Waals surface area (Å²) >= 11 is 0. The molecule has 27 heteroatoms. The van der Waals surface area contributed by atoms with Gasteiger partial charge >= 0.3 is 0 Å². The molecule has 20 rings (SSSR count). The Morgan fingerprint density at radius 2 is 0.813 bits per heavy atom. The van der Waals surface area contributed by atoms with Crippen LogP contribution in [0.15, 0.2) is 169 Å². The second-order valence-corrected chi connectivity index (χ2v) is 34.2. The lowest BCUT2D eigenvalue weighted by molar-refractivity contribution is -0.130. The maximum Gasteiger partial charge on any atom is 0.222 e. The largest absolute Gasteiger partial charge is 0.384 e. The van der Waals surface area contributed by atoms with Crippen molar-refractivity contribution < 1.29 is 28.7 Å². The summed E-state index contributed by atoms with van der Waals surface area (Å²) in [5.41, 5.74) is 23.4. The number of anilines is 8. The molecular formula is C96H111N21O6. The number of ether oxygens (including phenoxy) is 1. The number of aliphatic imine (C=N–C) groups is 1. The summed E-state index contributed by atoms with van der Waals surface area (Å²) in [7, 11) is 3.51. The third-order valence-electron chi connectivity index (χ3n) is 24.7. The molecule has 5 aromatic carbocycles. The number of carbonyl (C=O) groups excluding carboxylic acids is 5. The molecule has 9 aliphatic rings. The molecule has 6 aromatic heterocycles. The molecule has 11 aromatic rings. The van der Waals surface area contributed by atoms with Crippen molar-refractivity contribution in [3.05, 3.63) is 220 Å². The van der Waals surface area contributed by atoms with Crippen molar-refractivity contribution >= 4 is 87.3 Å². The van der Waals surface area contributed by atoms with Crippen LogP contribution in [-0.2, 0) is 120 Å². The number of fused-ring (bicyclic) bond motifs is 4. The molecule has 4 aliphatic carbocycles. The number of aryl methyl sites for hydroxylation is 1. The molecule has 4 fully saturated rings. The van der Waals surface area contributed by atoms with Gasteiger partial charge in [-0.05, 0) is 182 Å². The average Bonchev–Trinajstić information content (AvgIpc) is 1.64. The van der Waals surface area contributed by atoms with Gasteiger partial charge in [0.2, 0.25) is 29.5 Å². The molecule has 0 saturated heterocycles. The Balaban J connectivity index is 0.000000117. The predicted octanol–water partition coefficient (Wildman–Crippen LogP) is 15.0. The van der Waals surface area contributed by atoms with Crippen LogP contribution in [0.3, 0.4) is 0 Å². The topological polar surface area (TPSA) is 282 Å². The van der Waals surface area contributed by atoms with Crippen molar-refractivity contribution in [2.24, 2.45) is 35.7 Å². The SMILES string of the molecule is CC(=O)N1CCc2c(c(Nc3ccc(-c4ccccn4)cc3)nn2CC2CC2)C1.CC(=O)N1CCc2c(c(Nc3ccc(-c4ccn(C)n4)cc3)nn2CC2CC2)C1.CC(=O)N1CCc2c(c(Nc3ccc(C4=CC=NC4)cc3)nn2CC2CC2)C1.COCCC(=O)NCc1cccc(-c2ccc(Nc3nn(CC4CC4)c4c3CN(C(C)=O)CC4)cc2)c1. The third kappa shape index (κ3) is 20.7. The zero-order chi connectivity index (χ0) is 84.6. The Bertz CT molecular complexity index is 5680. The zero-order valence-corrected chi connectivity index (χ0v) is 71.4. The van der Waals surface area contributed by atoms with Crippen LogP contribution in [0.5, 0.6) is 0 Å². The maximum absolute atomic E-state index is 12.0. The number of amides is 5. The molecule has 4 saturated carbocycles. The lowest BCUT2D eigenvalue weighted by Gasteiger charge is -2.26. The first-order chi connectivity index (χ1) is 59.9. The fourth-order valence-electron chi connectivity index (χ4n) is 16.7. The average molecular weight is 1660 g/mol. The lowest BCUT2D eigenvalue weighted by Crippen LogP contribution is -2.34. The molecular weight excluding hydrogens is 1540 g/mol. The van der Waals surface area contributed by atoms with E-state index in [-0.39, 0.29) is 29.5 Å². The highest BCUT2D eigenvalue weighted by atomic mass is 16.5. The number of aromatic nitrogens is 11. The molecule has 5 aliphatic heterocycles. The van der Waals surface area contributed by atoms with Crippen molar-refractivity contribution in [1.29, 1.82) is 0 Å². The number of hydrogen-bond donors (Lipinski definition) is 5. The molecule has 0 bridgehead atoms. The highest BCUT2D eigenvalue weighted by molar-refractivity contribution is 5.90. The third-order valence-corrected chi connectivity index (χ3v) is 24.7. The number of carbonyl (C=O) groups is 5. The van der Waals surface area contributed by atoms with E-state index in [1.807, 2.05) is 75.5 Å². The maximum atomic E-state index is 12.0. The molecule has 11 heterocycles. The van der Waals surface area contributed by atoms with Gasteiger partial charge in [0, 0.05) is 230 Å². The van der Waals surface area contributed by atoms with E-state index < -0.39 is 0 Å². The van der Waals surface area contributed by atoms with Gasteiger partial charge in [-0.3, -0.25) is 57.4 Å². The summed E-state index contributed by atoms with van der Waals surface area (Å²) in [5, 5.41) is 41.0. The standard InChI is InChI=1S/C29H35N5O3.C23H25N5O.C22H26N6O.C22H25N5O/c1-20(35)33-14-12-27-26(19-33)29(32-34(27)18-21-6-7-21)31-25-10-8-23(9-11-25)24-5-3-4-22(16-24)17-30-28(36)13-15-37-2;1-16(29)27-13-11-22-20(15-27)23(26-28(22)14-17-5-6-17)25-19-9-7-18(8-10-19)21-4-2-3-12-24-21;1-15(29)27-12-10-21-19(14-27)22(25-28(21)13-16-3-4-16)23-18-7-5-17(6-8-18)20-9-11-26(2)24-20;1-15(28)26-11-9-21-20(14-26)22(25-27(21)13-16-2-3-16)24-19-6-4-17(5-7-19)18-8-10-23-12-18/h3-5,8-11,16,21H,6-7,12-15,17-19H2,1-2H3,(H,30,36)(H,31,32);2-4,7-10,12,17H,5-6,11,13-15H2,1H3,(H,25,26);5-9,11,16H,3-4,10,12-14H2,1-2H3,(H,23,25);4-8,10,16H,2-3,9,11-14H2,1H3,(H,24,25). The minimum atomic E-state index is -0.0177. The second kappa shape index (κ2) is 37.3. The van der Waals surface area contributed by atoms with Gasteiger partial charge in [0.05, 0.1) is 50.7 Å². The number of methoxy groups -OCH3 is 1. The van der Waals surface area contributed by atoms with E-state index in [0.717, 1.165) is 216 Å². The zero-order valence-electron chi connectivity index (χ0n) is 71.4. The van der Waals surface area contributed by atoms with Gasteiger partial charge in [-0.15, -0.1) is 0 Å². The van der Waals surface area contributed by atoms with Crippen LogP contribution in [-0.4, -0.2) is 156 Å². The molecule has 0 atom stereocenters. The van der Waals surface area contributed by atoms with Crippen LogP contribution in [0.2, 0.25) is 0 Å². The van der Waals surface area contributed by atoms with Crippen molar-refractivity contribution in [1.82, 2.24) is 78.8 Å². The Kier molecular flexibility index (Phi) is 25.0. The number of nitrogens with zero attached hydrogens (tertiary/aromatic N) is 16. The van der Waals surface area contributed by atoms with Crippen LogP contribution in [0.25, 0.3) is 39.2 Å². The van der Waals surface area contributed by atoms with E-state index in [1.54, 1.807) is 45.7 Å². The minimum absolute atomic E-state index is 0.0177. The smallest absolute Gasteiger partial charge is 0.222 e. The molecule has 0 spiro atoms. The molecule has 123 heavy (non-hydrogen) atoms. The Morgan fingerprint density at radius 1 is 0.423 bits per heavy atom. The quantitative estimate of drug-likeness (QED) is 0.0355. The van der Waals surface area contributed by atoms with Gasteiger partial charge < -0.3 is 50.9 Å². The van der Waals surface area contributed by atoms with E-state index in [2.05, 4.69) is 176 Å². The number of pyridine rings is 1. The molecule has 636 valence electrons. The molecule has 0 unspecified atom stereocenters. The highest BCUT2D eigenvalue weighted by Gasteiger charge is 2.35. The Morgan fingerprint density at radius 3 is 1.15 bits per heavy atom. The minimum Gasteiger partial charge on any atom is -0.384 e. The van der Waals surface area contributed by atoms with Gasteiger partial charge in [0.15, 0.2) is 23.3 Å². The van der Waals surface area contributed by atoms with Crippen molar-refractivity contribution in [2.45, 2.75) is 170 Å². The van der Waals surface area contributed by atoms with Crippen LogP contribution in [0.4, 0.5) is 46.0 Å². The number of nitrogens with one attached hydrogen (secondary N) is 5. The van der Waals surface area contributed by atoms with Gasteiger partial charge in [-0.1, -0.05) is 72.8 Å². The van der Waals surface area contributed by atoms with Crippen LogP contribution in [0.1, 0.15) is 142 Å². The van der Waals surface area contributed by atoms with Crippen LogP contribution < -0.4 is 26.6 Å². The summed E-state index contributed by atoms with van der Waals surface area (Å²) in [6.45, 7) is 17.8. The summed E-state index contributed by atoms with van der Waals surface area (Å²) in [6.07, 6.45) is 21.9. The Labute approximate surface area is 718 Å². The van der Waals surface area contributed by atoms with Gasteiger partial charge in [-0.25, -0.2) is 0 Å². The summed E-state index contributed by atoms with van der Waals surface area (Å²) in [6, 6.07) is 49.4. The van der Waals surface area contributed by atoms with Gasteiger partial charge in [-0.2, -0.15) is 25.5 Å². The van der Waals surface area contributed by atoms with E-state index in [0.29, 0.717) is 45.8 Å². The molecule has 5 N–H and O–H groups in total. The molecule has 5 amide bonds. The normalized spacial score (nSPS) is 16.1.